The minimum Gasteiger partial charge on any atom is -0.378 e. The Morgan fingerprint density at radius 3 is 2.12 bits per heavy atom. The molecule has 1 saturated heterocycles. The minimum absolute atomic E-state index is 0.288. The van der Waals surface area contributed by atoms with Crippen molar-refractivity contribution in [2.24, 2.45) is 11.8 Å². The van der Waals surface area contributed by atoms with Crippen LogP contribution >= 0.6 is 0 Å². The fraction of sp³-hybridized carbons (Fsp3) is 0.929. The quantitative estimate of drug-likeness (QED) is 0.744. The number of hydrogen-bond donors (Lipinski definition) is 0. The molecule has 1 heterocycles. The van der Waals surface area contributed by atoms with Gasteiger partial charge >= 0.3 is 0 Å². The molecule has 2 aliphatic rings. The Kier molecular flexibility index (Phi) is 5.96. The summed E-state index contributed by atoms with van der Waals surface area (Å²) in [6.07, 6.45) is 4.91. The van der Waals surface area contributed by atoms with Gasteiger partial charge in [-0.3, -0.25) is 4.79 Å². The van der Waals surface area contributed by atoms with Crippen LogP contribution in [0.15, 0.2) is 0 Å². The lowest BCUT2D eigenvalue weighted by Crippen LogP contribution is -2.56. The first-order valence-electron chi connectivity index (χ1n) is 7.02. The molecule has 1 amide bonds. The van der Waals surface area contributed by atoms with Crippen molar-refractivity contribution in [2.45, 2.75) is 52.6 Å². The van der Waals surface area contributed by atoms with Crippen molar-refractivity contribution in [3.8, 4) is 0 Å². The predicted octanol–water partition coefficient (Wildman–Crippen LogP) is 2.70. The lowest BCUT2D eigenvalue weighted by atomic mass is 9.82. The molecule has 0 unspecified atom stereocenters. The van der Waals surface area contributed by atoms with E-state index in [-0.39, 0.29) is 6.10 Å². The molecular formula is C14H27NO2. The summed E-state index contributed by atoms with van der Waals surface area (Å²) in [5.74, 6) is 1.49. The van der Waals surface area contributed by atoms with E-state index in [0.29, 0.717) is 11.8 Å². The average Bonchev–Trinajstić information content (AvgIpc) is 2.31. The third-order valence-electron chi connectivity index (χ3n) is 3.86. The molecule has 17 heavy (non-hydrogen) atoms. The predicted molar refractivity (Wildman–Crippen MR) is 69.8 cm³/mol. The van der Waals surface area contributed by atoms with Crippen LogP contribution in [0.2, 0.25) is 0 Å². The highest BCUT2D eigenvalue weighted by atomic mass is 16.5. The number of rotatable bonds is 2. The summed E-state index contributed by atoms with van der Waals surface area (Å²) in [7, 11) is 1.72. The lowest BCUT2D eigenvalue weighted by Gasteiger charge is -2.41. The van der Waals surface area contributed by atoms with Crippen molar-refractivity contribution < 1.29 is 9.53 Å². The van der Waals surface area contributed by atoms with Crippen LogP contribution in [0.3, 0.4) is 0 Å². The first kappa shape index (κ1) is 14.5. The number of amides is 1. The number of hydrogen-bond acceptors (Lipinski definition) is 2. The summed E-state index contributed by atoms with van der Waals surface area (Å²) >= 11 is 0. The summed E-state index contributed by atoms with van der Waals surface area (Å²) in [6.45, 7) is 7.90. The molecule has 0 spiro atoms. The maximum absolute atomic E-state index is 12.0. The molecule has 0 bridgehead atoms. The highest BCUT2D eigenvalue weighted by Gasteiger charge is 2.35. The van der Waals surface area contributed by atoms with Gasteiger partial charge in [0.25, 0.3) is 0 Å². The fourth-order valence-electron chi connectivity index (χ4n) is 2.53. The number of ether oxygens (including phenoxy) is 1. The van der Waals surface area contributed by atoms with Crippen molar-refractivity contribution in [2.75, 3.05) is 20.2 Å². The van der Waals surface area contributed by atoms with E-state index >= 15 is 0 Å². The molecule has 3 nitrogen and oxygen atoms in total. The van der Waals surface area contributed by atoms with Gasteiger partial charge in [-0.05, 0) is 31.6 Å². The second-order valence-corrected chi connectivity index (χ2v) is 5.06. The van der Waals surface area contributed by atoms with Gasteiger partial charge in [0.2, 0.25) is 5.91 Å². The zero-order valence-corrected chi connectivity index (χ0v) is 11.7. The largest absolute Gasteiger partial charge is 0.378 e. The van der Waals surface area contributed by atoms with Crippen molar-refractivity contribution in [3.63, 3.8) is 0 Å². The number of methoxy groups -OCH3 is 1. The van der Waals surface area contributed by atoms with Gasteiger partial charge in [0.1, 0.15) is 0 Å². The summed E-state index contributed by atoms with van der Waals surface area (Å²) in [6, 6.07) is 0. The standard InChI is InChI=1S/C12H21NO2.C2H6/c1-9-3-5-10(6-4-9)12(14)13-7-11(8-13)15-2;1-2/h9-11H,3-8H2,1-2H3;1-2H3. The molecule has 1 saturated carbocycles. The third kappa shape index (κ3) is 3.70. The van der Waals surface area contributed by atoms with E-state index in [1.54, 1.807) is 7.11 Å². The Morgan fingerprint density at radius 1 is 1.12 bits per heavy atom. The van der Waals surface area contributed by atoms with E-state index < -0.39 is 0 Å². The molecule has 0 aromatic rings. The van der Waals surface area contributed by atoms with Gasteiger partial charge in [-0.15, -0.1) is 0 Å². The third-order valence-corrected chi connectivity index (χ3v) is 3.86. The monoisotopic (exact) mass is 241 g/mol. The maximum atomic E-state index is 12.0. The molecule has 2 rings (SSSR count). The van der Waals surface area contributed by atoms with E-state index in [1.807, 2.05) is 18.7 Å². The molecule has 0 atom stereocenters. The molecule has 0 aromatic heterocycles. The van der Waals surface area contributed by atoms with Gasteiger partial charge in [0.05, 0.1) is 6.10 Å². The Hall–Kier alpha value is -0.570. The van der Waals surface area contributed by atoms with Crippen LogP contribution in [0.25, 0.3) is 0 Å². The first-order chi connectivity index (χ1) is 8.20. The molecule has 100 valence electrons. The molecular weight excluding hydrogens is 214 g/mol. The van der Waals surface area contributed by atoms with E-state index in [0.717, 1.165) is 31.8 Å². The zero-order valence-electron chi connectivity index (χ0n) is 11.7. The molecule has 0 N–H and O–H groups in total. The van der Waals surface area contributed by atoms with Crippen LogP contribution in [0.5, 0.6) is 0 Å². The lowest BCUT2D eigenvalue weighted by molar-refractivity contribution is -0.148. The number of carbonyl (C=O) groups excluding carboxylic acids is 1. The van der Waals surface area contributed by atoms with Gasteiger partial charge in [-0.25, -0.2) is 0 Å². The van der Waals surface area contributed by atoms with Gasteiger partial charge < -0.3 is 9.64 Å². The molecule has 3 heteroatoms. The van der Waals surface area contributed by atoms with Crippen molar-refractivity contribution in [1.82, 2.24) is 4.90 Å². The average molecular weight is 241 g/mol. The van der Waals surface area contributed by atoms with Crippen LogP contribution < -0.4 is 0 Å². The summed E-state index contributed by atoms with van der Waals surface area (Å²) < 4.78 is 5.18. The Morgan fingerprint density at radius 2 is 1.65 bits per heavy atom. The van der Waals surface area contributed by atoms with Crippen molar-refractivity contribution in [3.05, 3.63) is 0 Å². The Labute approximate surface area is 106 Å². The Balaban J connectivity index is 0.000000686. The zero-order chi connectivity index (χ0) is 12.8. The normalized spacial score (nSPS) is 29.1. The van der Waals surface area contributed by atoms with Crippen molar-refractivity contribution in [1.29, 1.82) is 0 Å². The van der Waals surface area contributed by atoms with Gasteiger partial charge in [0.15, 0.2) is 0 Å². The summed E-state index contributed by atoms with van der Waals surface area (Å²) in [5, 5.41) is 0. The van der Waals surface area contributed by atoms with Crippen molar-refractivity contribution >= 4 is 5.91 Å². The fourth-order valence-corrected chi connectivity index (χ4v) is 2.53. The summed E-state index contributed by atoms with van der Waals surface area (Å²) in [5.41, 5.74) is 0. The molecule has 0 radical (unpaired) electrons. The second kappa shape index (κ2) is 7.00. The Bertz CT molecular complexity index is 228. The van der Waals surface area contributed by atoms with Crippen LogP contribution in [0.4, 0.5) is 0 Å². The molecule has 2 fully saturated rings. The van der Waals surface area contributed by atoms with E-state index in [1.165, 1.54) is 12.8 Å². The maximum Gasteiger partial charge on any atom is 0.225 e. The van der Waals surface area contributed by atoms with E-state index in [4.69, 9.17) is 4.74 Å². The highest BCUT2D eigenvalue weighted by molar-refractivity contribution is 5.79. The van der Waals surface area contributed by atoms with E-state index in [2.05, 4.69) is 6.92 Å². The smallest absolute Gasteiger partial charge is 0.225 e. The number of carbonyl (C=O) groups is 1. The number of nitrogens with zero attached hydrogens (tertiary/aromatic N) is 1. The minimum atomic E-state index is 0.288. The van der Waals surface area contributed by atoms with Crippen LogP contribution in [-0.2, 0) is 9.53 Å². The topological polar surface area (TPSA) is 29.5 Å². The van der Waals surface area contributed by atoms with Gasteiger partial charge in [0, 0.05) is 26.1 Å². The van der Waals surface area contributed by atoms with Crippen LogP contribution in [0, 0.1) is 11.8 Å². The van der Waals surface area contributed by atoms with Crippen LogP contribution in [-0.4, -0.2) is 37.1 Å². The second-order valence-electron chi connectivity index (χ2n) is 5.06. The van der Waals surface area contributed by atoms with Gasteiger partial charge in [-0.1, -0.05) is 20.8 Å². The first-order valence-corrected chi connectivity index (χ1v) is 7.02. The van der Waals surface area contributed by atoms with E-state index in [9.17, 15) is 4.79 Å². The molecule has 1 aliphatic carbocycles. The molecule has 1 aliphatic heterocycles. The van der Waals surface area contributed by atoms with Crippen LogP contribution in [0.1, 0.15) is 46.5 Å². The summed E-state index contributed by atoms with van der Waals surface area (Å²) in [4.78, 5) is 14.0. The SMILES string of the molecule is CC.COC1CN(C(=O)C2CCC(C)CC2)C1. The number of likely N-dealkylation sites (tertiary alicyclic amines) is 1. The van der Waals surface area contributed by atoms with Gasteiger partial charge in [-0.2, -0.15) is 0 Å². The highest BCUT2D eigenvalue weighted by Crippen LogP contribution is 2.30. The molecule has 0 aromatic carbocycles.